The number of ether oxygens (including phenoxy) is 1. The normalized spacial score (nSPS) is 18.9. The summed E-state index contributed by atoms with van der Waals surface area (Å²) in [5.41, 5.74) is 1.58. The highest BCUT2D eigenvalue weighted by Crippen LogP contribution is 2.24. The third-order valence-electron chi connectivity index (χ3n) is 3.02. The van der Waals surface area contributed by atoms with E-state index in [4.69, 9.17) is 10.00 Å². The number of nitrogens with zero attached hydrogens (tertiary/aromatic N) is 1. The van der Waals surface area contributed by atoms with Crippen LogP contribution in [-0.2, 0) is 4.74 Å². The molecule has 1 aliphatic heterocycles. The Morgan fingerprint density at radius 2 is 2.41 bits per heavy atom. The van der Waals surface area contributed by atoms with E-state index in [9.17, 15) is 0 Å². The van der Waals surface area contributed by atoms with E-state index in [0.29, 0.717) is 11.5 Å². The summed E-state index contributed by atoms with van der Waals surface area (Å²) < 4.78 is 6.18. The molecule has 1 saturated heterocycles. The molecule has 3 nitrogen and oxygen atoms in total. The highest BCUT2D eigenvalue weighted by Gasteiger charge is 2.15. The molecular weight excluding hydrogens is 280 g/mol. The molecule has 90 valence electrons. The van der Waals surface area contributed by atoms with Gasteiger partial charge in [0.1, 0.15) is 6.07 Å². The molecule has 1 fully saturated rings. The van der Waals surface area contributed by atoms with Gasteiger partial charge in [0.15, 0.2) is 0 Å². The zero-order valence-electron chi connectivity index (χ0n) is 9.58. The molecule has 1 N–H and O–H groups in total. The summed E-state index contributed by atoms with van der Waals surface area (Å²) in [6.45, 7) is 2.66. The molecule has 1 unspecified atom stereocenters. The maximum atomic E-state index is 9.07. The van der Waals surface area contributed by atoms with Gasteiger partial charge in [-0.05, 0) is 46.8 Å². The molecule has 0 spiro atoms. The average Bonchev–Trinajstić information content (AvgIpc) is 2.82. The molecule has 0 saturated carbocycles. The predicted octanol–water partition coefficient (Wildman–Crippen LogP) is 3.16. The molecule has 1 aromatic carbocycles. The fourth-order valence-electron chi connectivity index (χ4n) is 2.01. The first kappa shape index (κ1) is 12.4. The molecule has 2 rings (SSSR count). The van der Waals surface area contributed by atoms with Crippen LogP contribution in [0.4, 0.5) is 5.69 Å². The van der Waals surface area contributed by atoms with E-state index in [2.05, 4.69) is 27.3 Å². The SMILES string of the molecule is N#Cc1c(Br)cccc1NCCC1CCOC1. The van der Waals surface area contributed by atoms with Gasteiger partial charge in [-0.1, -0.05) is 6.07 Å². The van der Waals surface area contributed by atoms with E-state index < -0.39 is 0 Å². The van der Waals surface area contributed by atoms with Gasteiger partial charge < -0.3 is 10.1 Å². The van der Waals surface area contributed by atoms with Crippen LogP contribution in [0.15, 0.2) is 22.7 Å². The van der Waals surface area contributed by atoms with Gasteiger partial charge in [-0.15, -0.1) is 0 Å². The summed E-state index contributed by atoms with van der Waals surface area (Å²) in [5, 5.41) is 12.4. The molecule has 4 heteroatoms. The van der Waals surface area contributed by atoms with Crippen molar-refractivity contribution in [3.05, 3.63) is 28.2 Å². The second kappa shape index (κ2) is 6.04. The predicted molar refractivity (Wildman–Crippen MR) is 70.9 cm³/mol. The number of halogens is 1. The van der Waals surface area contributed by atoms with Crippen molar-refractivity contribution in [3.8, 4) is 6.07 Å². The Morgan fingerprint density at radius 1 is 1.53 bits per heavy atom. The van der Waals surface area contributed by atoms with E-state index >= 15 is 0 Å². The molecular formula is C13H15BrN2O. The first-order chi connectivity index (χ1) is 8.31. The Hall–Kier alpha value is -1.05. The van der Waals surface area contributed by atoms with E-state index in [1.807, 2.05) is 18.2 Å². The summed E-state index contributed by atoms with van der Waals surface area (Å²) in [6.07, 6.45) is 2.25. The average molecular weight is 295 g/mol. The standard InChI is InChI=1S/C13H15BrN2O/c14-12-2-1-3-13(11(12)8-15)16-6-4-10-5-7-17-9-10/h1-3,10,16H,4-7,9H2. The molecule has 1 atom stereocenters. The fraction of sp³-hybridized carbons (Fsp3) is 0.462. The van der Waals surface area contributed by atoms with Crippen LogP contribution in [0, 0.1) is 17.2 Å². The molecule has 0 aliphatic carbocycles. The molecule has 0 bridgehead atoms. The molecule has 0 radical (unpaired) electrons. The van der Waals surface area contributed by atoms with Crippen LogP contribution < -0.4 is 5.32 Å². The van der Waals surface area contributed by atoms with Crippen molar-refractivity contribution < 1.29 is 4.74 Å². The second-order valence-corrected chi connectivity index (χ2v) is 5.07. The first-order valence-electron chi connectivity index (χ1n) is 5.81. The Bertz CT molecular complexity index is 422. The van der Waals surface area contributed by atoms with Crippen molar-refractivity contribution >= 4 is 21.6 Å². The lowest BCUT2D eigenvalue weighted by atomic mass is 10.1. The molecule has 1 heterocycles. The Morgan fingerprint density at radius 3 is 3.12 bits per heavy atom. The van der Waals surface area contributed by atoms with Crippen LogP contribution in [0.3, 0.4) is 0 Å². The van der Waals surface area contributed by atoms with Crippen LogP contribution in [0.1, 0.15) is 18.4 Å². The smallest absolute Gasteiger partial charge is 0.103 e. The minimum absolute atomic E-state index is 0.667. The molecule has 0 aromatic heterocycles. The number of nitriles is 1. The number of anilines is 1. The van der Waals surface area contributed by atoms with Gasteiger partial charge in [0.2, 0.25) is 0 Å². The topological polar surface area (TPSA) is 45.0 Å². The zero-order valence-corrected chi connectivity index (χ0v) is 11.2. The maximum absolute atomic E-state index is 9.07. The van der Waals surface area contributed by atoms with Crippen molar-refractivity contribution in [1.82, 2.24) is 0 Å². The summed E-state index contributed by atoms with van der Waals surface area (Å²) >= 11 is 3.38. The number of benzene rings is 1. The number of hydrogen-bond donors (Lipinski definition) is 1. The lowest BCUT2D eigenvalue weighted by Crippen LogP contribution is -2.09. The van der Waals surface area contributed by atoms with Crippen LogP contribution in [-0.4, -0.2) is 19.8 Å². The highest BCUT2D eigenvalue weighted by atomic mass is 79.9. The van der Waals surface area contributed by atoms with Crippen molar-refractivity contribution in [1.29, 1.82) is 5.26 Å². The minimum atomic E-state index is 0.667. The summed E-state index contributed by atoms with van der Waals surface area (Å²) in [4.78, 5) is 0. The number of hydrogen-bond acceptors (Lipinski definition) is 3. The van der Waals surface area contributed by atoms with Gasteiger partial charge in [0, 0.05) is 24.2 Å². The monoisotopic (exact) mass is 294 g/mol. The largest absolute Gasteiger partial charge is 0.384 e. The Labute approximate surface area is 110 Å². The van der Waals surface area contributed by atoms with Gasteiger partial charge in [-0.3, -0.25) is 0 Å². The van der Waals surface area contributed by atoms with Gasteiger partial charge in [0.25, 0.3) is 0 Å². The van der Waals surface area contributed by atoms with Crippen molar-refractivity contribution in [3.63, 3.8) is 0 Å². The van der Waals surface area contributed by atoms with Gasteiger partial charge >= 0.3 is 0 Å². The molecule has 1 aromatic rings. The lowest BCUT2D eigenvalue weighted by Gasteiger charge is -2.11. The lowest BCUT2D eigenvalue weighted by molar-refractivity contribution is 0.185. The van der Waals surface area contributed by atoms with E-state index in [1.54, 1.807) is 0 Å². The van der Waals surface area contributed by atoms with Crippen LogP contribution >= 0.6 is 15.9 Å². The van der Waals surface area contributed by atoms with Crippen LogP contribution in [0.2, 0.25) is 0 Å². The third kappa shape index (κ3) is 3.21. The van der Waals surface area contributed by atoms with Gasteiger partial charge in [-0.2, -0.15) is 5.26 Å². The van der Waals surface area contributed by atoms with Crippen LogP contribution in [0.25, 0.3) is 0 Å². The van der Waals surface area contributed by atoms with Crippen LogP contribution in [0.5, 0.6) is 0 Å². The van der Waals surface area contributed by atoms with E-state index in [1.165, 1.54) is 0 Å². The highest BCUT2D eigenvalue weighted by molar-refractivity contribution is 9.10. The van der Waals surface area contributed by atoms with E-state index in [0.717, 1.165) is 42.8 Å². The quantitative estimate of drug-likeness (QED) is 0.928. The Balaban J connectivity index is 1.90. The number of nitrogens with one attached hydrogen (secondary N) is 1. The fourth-order valence-corrected chi connectivity index (χ4v) is 2.46. The van der Waals surface area contributed by atoms with Crippen molar-refractivity contribution in [2.45, 2.75) is 12.8 Å². The molecule has 0 amide bonds. The first-order valence-corrected chi connectivity index (χ1v) is 6.61. The third-order valence-corrected chi connectivity index (χ3v) is 3.68. The summed E-state index contributed by atoms with van der Waals surface area (Å²) in [5.74, 6) is 0.667. The number of rotatable bonds is 4. The zero-order chi connectivity index (χ0) is 12.1. The molecule has 1 aliphatic rings. The van der Waals surface area contributed by atoms with E-state index in [-0.39, 0.29) is 0 Å². The van der Waals surface area contributed by atoms with Gasteiger partial charge in [0.05, 0.1) is 11.3 Å². The Kier molecular flexibility index (Phi) is 4.41. The minimum Gasteiger partial charge on any atom is -0.384 e. The molecule has 17 heavy (non-hydrogen) atoms. The summed E-state index contributed by atoms with van der Waals surface area (Å²) in [7, 11) is 0. The summed E-state index contributed by atoms with van der Waals surface area (Å²) in [6, 6.07) is 7.97. The maximum Gasteiger partial charge on any atom is 0.103 e. The van der Waals surface area contributed by atoms with Gasteiger partial charge in [-0.25, -0.2) is 0 Å². The second-order valence-electron chi connectivity index (χ2n) is 4.22. The van der Waals surface area contributed by atoms with Crippen molar-refractivity contribution in [2.24, 2.45) is 5.92 Å². The van der Waals surface area contributed by atoms with Crippen molar-refractivity contribution in [2.75, 3.05) is 25.1 Å².